The maximum atomic E-state index is 2.51. The second-order valence-electron chi connectivity index (χ2n) is 16.7. The van der Waals surface area contributed by atoms with Crippen LogP contribution in [0.15, 0.2) is 152 Å². The predicted octanol–water partition coefficient (Wildman–Crippen LogP) is 14.6. The predicted molar refractivity (Wildman–Crippen MR) is 224 cm³/mol. The van der Waals surface area contributed by atoms with E-state index in [1.807, 2.05) is 0 Å². The smallest absolute Gasteiger partial charge is 0.0546 e. The monoisotopic (exact) mass is 675 g/mol. The van der Waals surface area contributed by atoms with E-state index >= 15 is 0 Å². The largest absolute Gasteiger partial charge is 0.310 e. The summed E-state index contributed by atoms with van der Waals surface area (Å²) in [5.41, 5.74) is 16.4. The molecular weight excluding hydrogens is 627 g/mol. The van der Waals surface area contributed by atoms with Gasteiger partial charge < -0.3 is 4.90 Å². The summed E-state index contributed by atoms with van der Waals surface area (Å²) in [5, 5.41) is 2.52. The van der Waals surface area contributed by atoms with Crippen LogP contribution in [0.5, 0.6) is 0 Å². The molecule has 0 saturated carbocycles. The van der Waals surface area contributed by atoms with Crippen LogP contribution in [0.4, 0.5) is 17.1 Å². The minimum Gasteiger partial charge on any atom is -0.310 e. The average Bonchev–Trinajstić information content (AvgIpc) is 3.48. The second-order valence-corrected chi connectivity index (χ2v) is 16.7. The van der Waals surface area contributed by atoms with Crippen LogP contribution in [0.25, 0.3) is 44.2 Å². The summed E-state index contributed by atoms with van der Waals surface area (Å²) in [5.74, 6) is 0. The number of anilines is 3. The van der Waals surface area contributed by atoms with E-state index in [1.165, 1.54) is 72.1 Å². The van der Waals surface area contributed by atoms with Crippen LogP contribution in [-0.2, 0) is 5.41 Å². The fourth-order valence-electron chi connectivity index (χ4n) is 9.72. The van der Waals surface area contributed by atoms with Crippen molar-refractivity contribution in [2.45, 2.75) is 60.8 Å². The van der Waals surface area contributed by atoms with E-state index in [-0.39, 0.29) is 16.2 Å². The Morgan fingerprint density at radius 1 is 0.462 bits per heavy atom. The third kappa shape index (κ3) is 5.21. The van der Waals surface area contributed by atoms with Crippen LogP contribution >= 0.6 is 0 Å². The molecule has 0 aliphatic heterocycles. The van der Waals surface area contributed by atoms with Crippen LogP contribution in [-0.4, -0.2) is 0 Å². The molecule has 1 aliphatic rings. The molecule has 1 aliphatic carbocycles. The number of aryl methyl sites for hydroxylation is 1. The van der Waals surface area contributed by atoms with Gasteiger partial charge in [0.05, 0.1) is 5.69 Å². The van der Waals surface area contributed by atoms with E-state index in [9.17, 15) is 0 Å². The molecule has 0 radical (unpaired) electrons. The van der Waals surface area contributed by atoms with Gasteiger partial charge in [0.1, 0.15) is 0 Å². The third-order valence-corrected chi connectivity index (χ3v) is 11.7. The van der Waals surface area contributed by atoms with E-state index in [0.29, 0.717) is 0 Å². The molecule has 0 fully saturated rings. The van der Waals surface area contributed by atoms with Gasteiger partial charge in [-0.15, -0.1) is 0 Å². The van der Waals surface area contributed by atoms with Gasteiger partial charge in [-0.05, 0) is 122 Å². The van der Waals surface area contributed by atoms with E-state index < -0.39 is 0 Å². The van der Waals surface area contributed by atoms with Crippen molar-refractivity contribution in [2.75, 3.05) is 4.90 Å². The topological polar surface area (TPSA) is 3.24 Å². The number of hydrogen-bond donors (Lipinski definition) is 0. The molecule has 7 aromatic carbocycles. The molecule has 1 heteroatoms. The number of rotatable bonds is 5. The van der Waals surface area contributed by atoms with Crippen LogP contribution < -0.4 is 4.90 Å². The van der Waals surface area contributed by atoms with Crippen molar-refractivity contribution < 1.29 is 0 Å². The Kier molecular flexibility index (Phi) is 8.03. The van der Waals surface area contributed by atoms with E-state index in [2.05, 4.69) is 212 Å². The van der Waals surface area contributed by atoms with Crippen LogP contribution in [0.1, 0.15) is 63.8 Å². The van der Waals surface area contributed by atoms with Gasteiger partial charge in [0.2, 0.25) is 0 Å². The average molecular weight is 676 g/mol. The molecule has 0 saturated heterocycles. The maximum Gasteiger partial charge on any atom is 0.0546 e. The molecule has 0 bridgehead atoms. The first-order chi connectivity index (χ1) is 24.9. The fourth-order valence-corrected chi connectivity index (χ4v) is 9.72. The fraction of sp³-hybridized carbons (Fsp3) is 0.216. The molecule has 0 aromatic heterocycles. The summed E-state index contributed by atoms with van der Waals surface area (Å²) in [7, 11) is 0. The molecule has 8 rings (SSSR count). The lowest BCUT2D eigenvalue weighted by Crippen LogP contribution is -2.50. The third-order valence-electron chi connectivity index (χ3n) is 11.7. The molecular formula is C51H49N. The van der Waals surface area contributed by atoms with Gasteiger partial charge in [-0.3, -0.25) is 0 Å². The van der Waals surface area contributed by atoms with Crippen molar-refractivity contribution in [1.29, 1.82) is 0 Å². The molecule has 0 N–H and O–H groups in total. The van der Waals surface area contributed by atoms with Gasteiger partial charge >= 0.3 is 0 Å². The molecule has 7 aromatic rings. The first-order valence-electron chi connectivity index (χ1n) is 18.7. The summed E-state index contributed by atoms with van der Waals surface area (Å²) >= 11 is 0. The summed E-state index contributed by atoms with van der Waals surface area (Å²) in [6.07, 6.45) is 0. The van der Waals surface area contributed by atoms with Crippen LogP contribution in [0, 0.1) is 24.7 Å². The van der Waals surface area contributed by atoms with Gasteiger partial charge in [-0.2, -0.15) is 0 Å². The Bertz CT molecular complexity index is 2420. The van der Waals surface area contributed by atoms with Gasteiger partial charge in [-0.25, -0.2) is 0 Å². The summed E-state index contributed by atoms with van der Waals surface area (Å²) in [4.78, 5) is 2.51. The molecule has 0 amide bonds. The Balaban J connectivity index is 1.40. The summed E-state index contributed by atoms with van der Waals surface area (Å²) < 4.78 is 0. The van der Waals surface area contributed by atoms with E-state index in [1.54, 1.807) is 0 Å². The Morgan fingerprint density at radius 2 is 1.04 bits per heavy atom. The summed E-state index contributed by atoms with van der Waals surface area (Å²) in [6, 6.07) is 56.0. The highest BCUT2D eigenvalue weighted by Crippen LogP contribution is 2.67. The lowest BCUT2D eigenvalue weighted by atomic mass is 9.49. The molecule has 1 nitrogen and oxygen atoms in total. The molecule has 0 atom stereocenters. The quantitative estimate of drug-likeness (QED) is 0.175. The highest BCUT2D eigenvalue weighted by atomic mass is 15.1. The molecule has 258 valence electrons. The Labute approximate surface area is 310 Å². The molecule has 0 heterocycles. The number of hydrogen-bond acceptors (Lipinski definition) is 1. The minimum atomic E-state index is -0.214. The van der Waals surface area contributed by atoms with E-state index in [0.717, 1.165) is 11.4 Å². The number of fused-ring (bicyclic) bond motifs is 4. The maximum absolute atomic E-state index is 2.51. The van der Waals surface area contributed by atoms with Gasteiger partial charge in [0.25, 0.3) is 0 Å². The first kappa shape index (κ1) is 33.7. The zero-order valence-corrected chi connectivity index (χ0v) is 31.9. The zero-order valence-electron chi connectivity index (χ0n) is 31.9. The van der Waals surface area contributed by atoms with Gasteiger partial charge in [0, 0.05) is 22.4 Å². The molecule has 0 spiro atoms. The van der Waals surface area contributed by atoms with Crippen molar-refractivity contribution in [3.8, 4) is 33.4 Å². The lowest BCUT2D eigenvalue weighted by Gasteiger charge is -2.54. The van der Waals surface area contributed by atoms with Crippen molar-refractivity contribution >= 4 is 27.8 Å². The Morgan fingerprint density at radius 3 is 1.75 bits per heavy atom. The first-order valence-corrected chi connectivity index (χ1v) is 18.7. The van der Waals surface area contributed by atoms with Crippen molar-refractivity contribution in [1.82, 2.24) is 0 Å². The Hall–Kier alpha value is -5.40. The second kappa shape index (κ2) is 12.4. The van der Waals surface area contributed by atoms with Gasteiger partial charge in [0.15, 0.2) is 0 Å². The zero-order chi connectivity index (χ0) is 36.4. The van der Waals surface area contributed by atoms with Crippen LogP contribution in [0.2, 0.25) is 0 Å². The van der Waals surface area contributed by atoms with Gasteiger partial charge in [-0.1, -0.05) is 157 Å². The molecule has 0 unspecified atom stereocenters. The number of benzene rings is 7. The van der Waals surface area contributed by atoms with Crippen LogP contribution in [0.3, 0.4) is 0 Å². The van der Waals surface area contributed by atoms with Crippen molar-refractivity contribution in [3.05, 3.63) is 174 Å². The minimum absolute atomic E-state index is 0.0536. The normalized spacial score (nSPS) is 13.5. The lowest BCUT2D eigenvalue weighted by molar-refractivity contribution is 0.0944. The van der Waals surface area contributed by atoms with Crippen molar-refractivity contribution in [2.24, 2.45) is 10.8 Å². The highest BCUT2D eigenvalue weighted by molar-refractivity contribution is 5.97. The SMILES string of the molecule is Cc1cc(N(c2ccc(-c3ccc4ccccc4c3)cc2)c2cccc(-c3ccccc3)c2)c2c(c1C)C(C(C)(C)C)(C(C)(C)C)c1ccccc1-2. The molecule has 52 heavy (non-hydrogen) atoms. The van der Waals surface area contributed by atoms with E-state index in [4.69, 9.17) is 0 Å². The van der Waals surface area contributed by atoms with Crippen molar-refractivity contribution in [3.63, 3.8) is 0 Å². The number of nitrogens with zero attached hydrogens (tertiary/aromatic N) is 1. The summed E-state index contributed by atoms with van der Waals surface area (Å²) in [6.45, 7) is 19.3. The standard InChI is InChI=1S/C51H49N/c1-34-31-46(47-44-23-14-15-24-45(44)51(49(3,4)5,50(6,7)8)48(47)35(34)2)52(43-22-16-21-40(33-43)36-17-10-9-11-18-36)42-29-27-38(28-30-42)41-26-25-37-19-12-13-20-39(37)32-41/h9-33H,1-8H3. The highest BCUT2D eigenvalue weighted by Gasteiger charge is 2.59.